The van der Waals surface area contributed by atoms with Crippen molar-refractivity contribution >= 4 is 11.5 Å². The number of benzene rings is 1. The summed E-state index contributed by atoms with van der Waals surface area (Å²) < 4.78 is 9.13. The van der Waals surface area contributed by atoms with E-state index < -0.39 is 6.10 Å². The van der Waals surface area contributed by atoms with Gasteiger partial charge in [-0.05, 0) is 36.5 Å². The van der Waals surface area contributed by atoms with Gasteiger partial charge in [-0.2, -0.15) is 0 Å². The van der Waals surface area contributed by atoms with Gasteiger partial charge in [0.25, 0.3) is 0 Å². The highest BCUT2D eigenvalue weighted by atomic mass is 32.1. The van der Waals surface area contributed by atoms with E-state index in [2.05, 4.69) is 9.59 Å². The third kappa shape index (κ3) is 2.16. The van der Waals surface area contributed by atoms with Crippen molar-refractivity contribution in [2.45, 2.75) is 20.0 Å². The maximum Gasteiger partial charge on any atom is 0.128 e. The van der Waals surface area contributed by atoms with Crippen molar-refractivity contribution < 1.29 is 9.84 Å². The van der Waals surface area contributed by atoms with Gasteiger partial charge in [0.1, 0.15) is 17.5 Å². The van der Waals surface area contributed by atoms with E-state index in [-0.39, 0.29) is 0 Å². The van der Waals surface area contributed by atoms with E-state index in [1.54, 1.807) is 12.5 Å². The zero-order valence-corrected chi connectivity index (χ0v) is 10.8. The van der Waals surface area contributed by atoms with Gasteiger partial charge in [-0.3, -0.25) is 0 Å². The lowest BCUT2D eigenvalue weighted by Gasteiger charge is -2.16. The molecule has 90 valence electrons. The molecule has 2 rings (SSSR count). The van der Waals surface area contributed by atoms with Crippen LogP contribution in [0.1, 0.15) is 28.5 Å². The van der Waals surface area contributed by atoms with Crippen molar-refractivity contribution in [3.63, 3.8) is 0 Å². The molecule has 0 aliphatic rings. The Bertz CT molecular complexity index is 511. The van der Waals surface area contributed by atoms with E-state index in [0.29, 0.717) is 11.4 Å². The number of aliphatic hydroxyl groups is 1. The summed E-state index contributed by atoms with van der Waals surface area (Å²) in [4.78, 5) is 0. The molecule has 1 aromatic carbocycles. The summed E-state index contributed by atoms with van der Waals surface area (Å²) in [7, 11) is 1.61. The lowest BCUT2D eigenvalue weighted by Crippen LogP contribution is -2.05. The number of nitrogens with zero attached hydrogens (tertiary/aromatic N) is 2. The number of hydrogen-bond donors (Lipinski definition) is 1. The minimum atomic E-state index is -0.789. The molecule has 0 radical (unpaired) electrons. The Kier molecular flexibility index (Phi) is 3.40. The van der Waals surface area contributed by atoms with Crippen LogP contribution >= 0.6 is 11.5 Å². The van der Waals surface area contributed by atoms with Gasteiger partial charge in [-0.1, -0.05) is 16.6 Å². The summed E-state index contributed by atoms with van der Waals surface area (Å²) in [5.41, 5.74) is 3.45. The SMILES string of the molecule is COc1c(C(O)c2csnn2)ccc(C)c1C. The molecule has 2 aromatic rings. The molecule has 5 heteroatoms. The quantitative estimate of drug-likeness (QED) is 0.907. The molecule has 0 aliphatic heterocycles. The van der Waals surface area contributed by atoms with Gasteiger partial charge in [0.15, 0.2) is 0 Å². The van der Waals surface area contributed by atoms with Crippen LogP contribution in [0.3, 0.4) is 0 Å². The Morgan fingerprint density at radius 1 is 1.35 bits per heavy atom. The second-order valence-corrected chi connectivity index (χ2v) is 4.47. The number of ether oxygens (including phenoxy) is 1. The first-order valence-corrected chi connectivity index (χ1v) is 6.08. The number of hydrogen-bond acceptors (Lipinski definition) is 5. The van der Waals surface area contributed by atoms with Crippen molar-refractivity contribution in [2.75, 3.05) is 7.11 Å². The number of rotatable bonds is 3. The van der Waals surface area contributed by atoms with Gasteiger partial charge in [0, 0.05) is 10.9 Å². The van der Waals surface area contributed by atoms with E-state index >= 15 is 0 Å². The molecule has 0 aliphatic carbocycles. The molecule has 0 saturated carbocycles. The summed E-state index contributed by atoms with van der Waals surface area (Å²) in [6, 6.07) is 3.83. The molecule has 0 spiro atoms. The molecule has 4 nitrogen and oxygen atoms in total. The molecule has 0 fully saturated rings. The number of aliphatic hydroxyl groups excluding tert-OH is 1. The summed E-state index contributed by atoms with van der Waals surface area (Å²) in [6.45, 7) is 3.99. The summed E-state index contributed by atoms with van der Waals surface area (Å²) in [5.74, 6) is 0.713. The maximum absolute atomic E-state index is 10.2. The Morgan fingerprint density at radius 3 is 2.71 bits per heavy atom. The minimum Gasteiger partial charge on any atom is -0.496 e. The van der Waals surface area contributed by atoms with Crippen molar-refractivity contribution in [3.05, 3.63) is 39.9 Å². The van der Waals surface area contributed by atoms with Crippen LogP contribution in [0.4, 0.5) is 0 Å². The molecular weight excluding hydrogens is 236 g/mol. The first-order chi connectivity index (χ1) is 8.15. The van der Waals surface area contributed by atoms with Crippen LogP contribution < -0.4 is 4.74 Å². The Morgan fingerprint density at radius 2 is 2.12 bits per heavy atom. The number of aryl methyl sites for hydroxylation is 1. The molecular formula is C12H14N2O2S. The highest BCUT2D eigenvalue weighted by Crippen LogP contribution is 2.33. The first-order valence-electron chi connectivity index (χ1n) is 5.24. The van der Waals surface area contributed by atoms with E-state index in [1.807, 2.05) is 26.0 Å². The fourth-order valence-corrected chi connectivity index (χ4v) is 2.22. The molecule has 1 aromatic heterocycles. The molecule has 1 unspecified atom stereocenters. The van der Waals surface area contributed by atoms with E-state index in [4.69, 9.17) is 4.74 Å². The van der Waals surface area contributed by atoms with E-state index in [9.17, 15) is 5.11 Å². The topological polar surface area (TPSA) is 55.2 Å². The van der Waals surface area contributed by atoms with Gasteiger partial charge >= 0.3 is 0 Å². The van der Waals surface area contributed by atoms with Crippen LogP contribution in [-0.4, -0.2) is 21.8 Å². The smallest absolute Gasteiger partial charge is 0.128 e. The van der Waals surface area contributed by atoms with Gasteiger partial charge < -0.3 is 9.84 Å². The van der Waals surface area contributed by atoms with Gasteiger partial charge in [-0.15, -0.1) is 5.10 Å². The van der Waals surface area contributed by atoms with Crippen molar-refractivity contribution in [2.24, 2.45) is 0 Å². The van der Waals surface area contributed by atoms with Crippen molar-refractivity contribution in [1.82, 2.24) is 9.59 Å². The zero-order chi connectivity index (χ0) is 12.4. The van der Waals surface area contributed by atoms with Crippen LogP contribution in [0.5, 0.6) is 5.75 Å². The molecule has 1 heterocycles. The normalized spacial score (nSPS) is 12.5. The Labute approximate surface area is 104 Å². The number of aromatic nitrogens is 2. The standard InChI is InChI=1S/C12H14N2O2S/c1-7-4-5-9(12(16-3)8(7)2)11(15)10-6-17-14-13-10/h4-6,11,15H,1-3H3. The fourth-order valence-electron chi connectivity index (χ4n) is 1.75. The fraction of sp³-hybridized carbons (Fsp3) is 0.333. The first kappa shape index (κ1) is 12.0. The summed E-state index contributed by atoms with van der Waals surface area (Å²) in [6.07, 6.45) is -0.789. The average Bonchev–Trinajstić information content (AvgIpc) is 2.85. The van der Waals surface area contributed by atoms with Gasteiger partial charge in [-0.25, -0.2) is 0 Å². The predicted molar refractivity (Wildman–Crippen MR) is 66.4 cm³/mol. The maximum atomic E-state index is 10.2. The molecule has 17 heavy (non-hydrogen) atoms. The number of methoxy groups -OCH3 is 1. The van der Waals surface area contributed by atoms with Gasteiger partial charge in [0.05, 0.1) is 7.11 Å². The van der Waals surface area contributed by atoms with Crippen LogP contribution in [0, 0.1) is 13.8 Å². The van der Waals surface area contributed by atoms with E-state index in [1.165, 1.54) is 11.5 Å². The third-order valence-electron chi connectivity index (χ3n) is 2.86. The van der Waals surface area contributed by atoms with E-state index in [0.717, 1.165) is 16.7 Å². The zero-order valence-electron chi connectivity index (χ0n) is 9.97. The third-order valence-corrected chi connectivity index (χ3v) is 3.39. The lowest BCUT2D eigenvalue weighted by atomic mass is 9.99. The molecule has 0 bridgehead atoms. The second-order valence-electron chi connectivity index (χ2n) is 3.86. The highest BCUT2D eigenvalue weighted by molar-refractivity contribution is 7.03. The highest BCUT2D eigenvalue weighted by Gasteiger charge is 2.19. The van der Waals surface area contributed by atoms with Gasteiger partial charge in [0.2, 0.25) is 0 Å². The Balaban J connectivity index is 2.49. The lowest BCUT2D eigenvalue weighted by molar-refractivity contribution is 0.209. The molecule has 1 N–H and O–H groups in total. The molecule has 0 amide bonds. The predicted octanol–water partition coefficient (Wildman–Crippen LogP) is 2.25. The van der Waals surface area contributed by atoms with Crippen molar-refractivity contribution in [3.8, 4) is 5.75 Å². The van der Waals surface area contributed by atoms with Crippen molar-refractivity contribution in [1.29, 1.82) is 0 Å². The Hall–Kier alpha value is -1.46. The monoisotopic (exact) mass is 250 g/mol. The second kappa shape index (κ2) is 4.81. The summed E-state index contributed by atoms with van der Waals surface area (Å²) >= 11 is 1.22. The minimum absolute atomic E-state index is 0.552. The van der Waals surface area contributed by atoms with Crippen LogP contribution in [-0.2, 0) is 0 Å². The molecule has 1 atom stereocenters. The van der Waals surface area contributed by atoms with Crippen LogP contribution in [0.2, 0.25) is 0 Å². The average molecular weight is 250 g/mol. The van der Waals surface area contributed by atoms with Crippen LogP contribution in [0.25, 0.3) is 0 Å². The largest absolute Gasteiger partial charge is 0.496 e. The summed E-state index contributed by atoms with van der Waals surface area (Å²) in [5, 5.41) is 15.9. The molecule has 0 saturated heterocycles. The van der Waals surface area contributed by atoms with Crippen LogP contribution in [0.15, 0.2) is 17.5 Å².